The van der Waals surface area contributed by atoms with Crippen LogP contribution in [0.1, 0.15) is 88.5 Å². The first-order valence-corrected chi connectivity index (χ1v) is 12.4. The van der Waals surface area contributed by atoms with Crippen LogP contribution in [0.2, 0.25) is 0 Å². The summed E-state index contributed by atoms with van der Waals surface area (Å²) in [5.74, 6) is 0.711. The largest absolute Gasteiger partial charge is 0.481 e. The van der Waals surface area contributed by atoms with E-state index in [0.717, 1.165) is 37.4 Å². The van der Waals surface area contributed by atoms with E-state index in [1.807, 2.05) is 0 Å². The summed E-state index contributed by atoms with van der Waals surface area (Å²) in [4.78, 5) is 37.3. The second kappa shape index (κ2) is 12.3. The quantitative estimate of drug-likeness (QED) is 0.328. The number of aryl methyl sites for hydroxylation is 2. The van der Waals surface area contributed by atoms with Crippen molar-refractivity contribution in [2.45, 2.75) is 95.8 Å². The summed E-state index contributed by atoms with van der Waals surface area (Å²) in [5.41, 5.74) is -2.15. The Bertz CT molecular complexity index is 1060. The molecule has 3 rings (SSSR count). The van der Waals surface area contributed by atoms with Gasteiger partial charge in [0.2, 0.25) is 17.4 Å². The van der Waals surface area contributed by atoms with Gasteiger partial charge in [-0.05, 0) is 64.9 Å². The second-order valence-electron chi connectivity index (χ2n) is 9.61. The number of nitrogens with zero attached hydrogens (tertiary/aromatic N) is 5. The molecule has 2 heterocycles. The highest BCUT2D eigenvalue weighted by Gasteiger charge is 2.51. The summed E-state index contributed by atoms with van der Waals surface area (Å²) in [6.45, 7) is 1.61. The third-order valence-electron chi connectivity index (χ3n) is 5.96. The van der Waals surface area contributed by atoms with Gasteiger partial charge in [-0.3, -0.25) is 4.79 Å². The molecule has 1 N–H and O–H groups in total. The monoisotopic (exact) mass is 527 g/mol. The molecule has 0 bridgehead atoms. The number of rotatable bonds is 14. The van der Waals surface area contributed by atoms with Gasteiger partial charge in [-0.25, -0.2) is 19.7 Å². The first-order valence-electron chi connectivity index (χ1n) is 12.4. The fraction of sp³-hybridized carbons (Fsp3) is 0.667. The molecule has 0 radical (unpaired) electrons. The Balaban J connectivity index is 1.61. The molecule has 1 saturated carbocycles. The van der Waals surface area contributed by atoms with Crippen LogP contribution in [0.3, 0.4) is 0 Å². The molecular formula is C24H32F3N5O5. The second-order valence-corrected chi connectivity index (χ2v) is 9.61. The molecule has 1 amide bonds. The van der Waals surface area contributed by atoms with Crippen molar-refractivity contribution in [2.75, 3.05) is 11.4 Å². The maximum Gasteiger partial charge on any atom is 0.427 e. The Morgan fingerprint density at radius 3 is 2.51 bits per heavy atom. The van der Waals surface area contributed by atoms with E-state index >= 15 is 0 Å². The molecule has 204 valence electrons. The summed E-state index contributed by atoms with van der Waals surface area (Å²) in [5, 5.41) is 12.7. The van der Waals surface area contributed by atoms with E-state index in [-0.39, 0.29) is 18.9 Å². The number of hydrogen-bond donors (Lipinski definition) is 1. The number of carboxylic acids is 1. The van der Waals surface area contributed by atoms with Crippen molar-refractivity contribution in [3.8, 4) is 0 Å². The molecule has 0 aliphatic heterocycles. The van der Waals surface area contributed by atoms with Gasteiger partial charge in [-0.1, -0.05) is 11.6 Å². The highest BCUT2D eigenvalue weighted by Crippen LogP contribution is 2.38. The minimum atomic E-state index is -4.76. The molecule has 2 aromatic rings. The van der Waals surface area contributed by atoms with E-state index < -0.39 is 23.8 Å². The number of hydrogen-bond acceptors (Lipinski definition) is 8. The molecule has 1 fully saturated rings. The van der Waals surface area contributed by atoms with Crippen LogP contribution in [0.25, 0.3) is 0 Å². The molecule has 0 atom stereocenters. The van der Waals surface area contributed by atoms with E-state index in [9.17, 15) is 22.8 Å². The van der Waals surface area contributed by atoms with Gasteiger partial charge < -0.3 is 14.4 Å². The average molecular weight is 528 g/mol. The first-order chi connectivity index (χ1) is 17.5. The van der Waals surface area contributed by atoms with Crippen LogP contribution in [0.5, 0.6) is 0 Å². The molecule has 10 nitrogen and oxygen atoms in total. The molecule has 1 aliphatic rings. The summed E-state index contributed by atoms with van der Waals surface area (Å²) in [7, 11) is 0. The molecule has 2 aromatic heterocycles. The highest BCUT2D eigenvalue weighted by molar-refractivity contribution is 5.85. The van der Waals surface area contributed by atoms with Gasteiger partial charge in [0.05, 0.1) is 0 Å². The Kier molecular flexibility index (Phi) is 9.44. The number of carbonyl (C=O) groups is 2. The minimum absolute atomic E-state index is 0.0222. The fourth-order valence-corrected chi connectivity index (χ4v) is 3.44. The molecular weight excluding hydrogens is 495 g/mol. The van der Waals surface area contributed by atoms with E-state index in [2.05, 4.69) is 20.1 Å². The molecule has 0 unspecified atom stereocenters. The summed E-state index contributed by atoms with van der Waals surface area (Å²) in [6.07, 6.45) is 1.40. The van der Waals surface area contributed by atoms with Crippen molar-refractivity contribution in [2.24, 2.45) is 0 Å². The van der Waals surface area contributed by atoms with Crippen molar-refractivity contribution in [1.82, 2.24) is 20.1 Å². The van der Waals surface area contributed by atoms with Crippen molar-refractivity contribution < 1.29 is 37.1 Å². The van der Waals surface area contributed by atoms with Gasteiger partial charge in [-0.15, -0.1) is 0 Å². The van der Waals surface area contributed by atoms with Gasteiger partial charge in [-0.2, -0.15) is 18.2 Å². The lowest BCUT2D eigenvalue weighted by Crippen LogP contribution is -2.47. The topological polar surface area (TPSA) is 132 Å². The summed E-state index contributed by atoms with van der Waals surface area (Å²) in [6, 6.07) is 1.62. The number of ether oxygens (including phenoxy) is 1. The lowest BCUT2D eigenvalue weighted by atomic mass is 10.1. The number of aromatic nitrogens is 4. The molecule has 0 spiro atoms. The van der Waals surface area contributed by atoms with Crippen LogP contribution >= 0.6 is 0 Å². The molecule has 37 heavy (non-hydrogen) atoms. The van der Waals surface area contributed by atoms with E-state index in [1.54, 1.807) is 6.07 Å². The number of alkyl halides is 3. The lowest BCUT2D eigenvalue weighted by molar-refractivity contribution is -0.243. The third-order valence-corrected chi connectivity index (χ3v) is 5.96. The zero-order valence-corrected chi connectivity index (χ0v) is 21.0. The summed E-state index contributed by atoms with van der Waals surface area (Å²) < 4.78 is 50.1. The SMILES string of the molecule is CC(C)(OC(=O)N(CCCCCc1nc(C2CC2)no1)c1nccc(CCCCC(=O)O)n1)C(F)(F)F. The van der Waals surface area contributed by atoms with Gasteiger partial charge in [0.1, 0.15) is 0 Å². The summed E-state index contributed by atoms with van der Waals surface area (Å²) >= 11 is 0. The van der Waals surface area contributed by atoms with E-state index in [1.165, 1.54) is 6.20 Å². The number of unbranched alkanes of at least 4 members (excludes halogenated alkanes) is 3. The number of aliphatic carboxylic acids is 1. The lowest BCUT2D eigenvalue weighted by Gasteiger charge is -2.30. The molecule has 13 heteroatoms. The number of amides is 1. The average Bonchev–Trinajstić information content (AvgIpc) is 3.56. The van der Waals surface area contributed by atoms with Crippen LogP contribution in [0.4, 0.5) is 23.9 Å². The van der Waals surface area contributed by atoms with Crippen molar-refractivity contribution in [3.05, 3.63) is 29.7 Å². The Labute approximate surface area is 212 Å². The van der Waals surface area contributed by atoms with Crippen LogP contribution < -0.4 is 4.90 Å². The van der Waals surface area contributed by atoms with E-state index in [0.29, 0.717) is 62.4 Å². The van der Waals surface area contributed by atoms with Crippen LogP contribution in [0.15, 0.2) is 16.8 Å². The van der Waals surface area contributed by atoms with Crippen molar-refractivity contribution >= 4 is 18.0 Å². The number of anilines is 1. The van der Waals surface area contributed by atoms with Gasteiger partial charge >= 0.3 is 18.2 Å². The number of carboxylic acid groups (broad SMARTS) is 1. The maximum atomic E-state index is 13.3. The number of halogens is 3. The predicted octanol–water partition coefficient (Wildman–Crippen LogP) is 5.23. The maximum absolute atomic E-state index is 13.3. The molecule has 0 saturated heterocycles. The van der Waals surface area contributed by atoms with Crippen molar-refractivity contribution in [3.63, 3.8) is 0 Å². The molecule has 0 aromatic carbocycles. The zero-order chi connectivity index (χ0) is 27.1. The van der Waals surface area contributed by atoms with Crippen LogP contribution in [-0.2, 0) is 22.4 Å². The van der Waals surface area contributed by atoms with E-state index in [4.69, 9.17) is 14.4 Å². The van der Waals surface area contributed by atoms with Crippen LogP contribution in [-0.4, -0.2) is 55.6 Å². The minimum Gasteiger partial charge on any atom is -0.481 e. The molecule has 1 aliphatic carbocycles. The van der Waals surface area contributed by atoms with Gasteiger partial charge in [0.25, 0.3) is 0 Å². The Hall–Kier alpha value is -3.25. The Morgan fingerprint density at radius 2 is 1.84 bits per heavy atom. The Morgan fingerprint density at radius 1 is 1.11 bits per heavy atom. The van der Waals surface area contributed by atoms with Crippen LogP contribution in [0, 0.1) is 0 Å². The highest BCUT2D eigenvalue weighted by atomic mass is 19.4. The number of carbonyl (C=O) groups excluding carboxylic acids is 1. The predicted molar refractivity (Wildman–Crippen MR) is 125 cm³/mol. The fourth-order valence-electron chi connectivity index (χ4n) is 3.44. The third kappa shape index (κ3) is 8.67. The standard InChI is InChI=1S/C24H32F3N5O5/c1-23(2,24(25,26)27)36-22(35)32(21-28-14-13-17(29-21)8-5-6-10-19(33)34)15-7-3-4-9-18-30-20(31-37-18)16-11-12-16/h13-14,16H,3-12,15H2,1-2H3,(H,33,34). The normalized spacial score (nSPS) is 14.0. The first kappa shape index (κ1) is 28.3. The zero-order valence-electron chi connectivity index (χ0n) is 21.0. The van der Waals surface area contributed by atoms with Gasteiger partial charge in [0, 0.05) is 37.2 Å². The van der Waals surface area contributed by atoms with Gasteiger partial charge in [0.15, 0.2) is 5.82 Å². The smallest absolute Gasteiger partial charge is 0.427 e. The van der Waals surface area contributed by atoms with Crippen molar-refractivity contribution in [1.29, 1.82) is 0 Å².